The molecule has 3 heterocycles. The van der Waals surface area contributed by atoms with Crippen LogP contribution in [0, 0.1) is 11.7 Å². The standard InChI is InChI=1S/C31H29F2N5O2/c1-16-19-5-3-4-6-20(19)25(33)15-37(16)31(40)27-13-28(17-7-8-17)38-29(35-27)14-26(36-38)21-10-9-18(11-24(21)32)22-12-23(22)30(39)34-2/h3-6,9-11,13-14,16-17,22-23,25H,7-8,12,15H2,1-2H3,(H,34,39)/t16-,22-,23+,25?/m1/s1. The van der Waals surface area contributed by atoms with Crippen LogP contribution in [0.15, 0.2) is 54.6 Å². The summed E-state index contributed by atoms with van der Waals surface area (Å²) >= 11 is 0. The van der Waals surface area contributed by atoms with Gasteiger partial charge in [-0.15, -0.1) is 0 Å². The number of halogens is 2. The first kappa shape index (κ1) is 24.9. The molecule has 1 N–H and O–H groups in total. The predicted molar refractivity (Wildman–Crippen MR) is 145 cm³/mol. The molecule has 7 nitrogen and oxygen atoms in total. The number of alkyl halides is 1. The Morgan fingerprint density at radius 2 is 1.82 bits per heavy atom. The maximum atomic E-state index is 15.3. The Bertz CT molecular complexity index is 1680. The highest BCUT2D eigenvalue weighted by Gasteiger charge is 2.43. The normalized spacial score (nSPS) is 23.6. The Morgan fingerprint density at radius 1 is 1.05 bits per heavy atom. The van der Waals surface area contributed by atoms with Crippen molar-refractivity contribution in [2.75, 3.05) is 13.6 Å². The van der Waals surface area contributed by atoms with E-state index in [-0.39, 0.29) is 47.8 Å². The summed E-state index contributed by atoms with van der Waals surface area (Å²) in [5, 5.41) is 7.34. The highest BCUT2D eigenvalue weighted by molar-refractivity contribution is 5.93. The largest absolute Gasteiger partial charge is 0.359 e. The molecule has 40 heavy (non-hydrogen) atoms. The van der Waals surface area contributed by atoms with Crippen LogP contribution in [0.3, 0.4) is 0 Å². The van der Waals surface area contributed by atoms with Crippen molar-refractivity contribution in [2.45, 2.75) is 50.2 Å². The van der Waals surface area contributed by atoms with E-state index in [1.165, 1.54) is 6.07 Å². The number of hydrogen-bond acceptors (Lipinski definition) is 4. The zero-order valence-electron chi connectivity index (χ0n) is 22.3. The van der Waals surface area contributed by atoms with Crippen molar-refractivity contribution >= 4 is 17.5 Å². The van der Waals surface area contributed by atoms with Crippen molar-refractivity contribution in [3.8, 4) is 11.3 Å². The Morgan fingerprint density at radius 3 is 2.55 bits per heavy atom. The maximum absolute atomic E-state index is 15.3. The predicted octanol–water partition coefficient (Wildman–Crippen LogP) is 5.49. The number of hydrogen-bond donors (Lipinski definition) is 1. The summed E-state index contributed by atoms with van der Waals surface area (Å²) in [6.45, 7) is 1.87. The van der Waals surface area contributed by atoms with E-state index >= 15 is 8.78 Å². The molecule has 0 bridgehead atoms. The maximum Gasteiger partial charge on any atom is 0.273 e. The summed E-state index contributed by atoms with van der Waals surface area (Å²) < 4.78 is 32.1. The molecule has 9 heteroatoms. The van der Waals surface area contributed by atoms with E-state index in [0.29, 0.717) is 28.9 Å². The van der Waals surface area contributed by atoms with Crippen LogP contribution in [-0.4, -0.2) is 44.9 Å². The van der Waals surface area contributed by atoms with Gasteiger partial charge in [0, 0.05) is 36.2 Å². The smallest absolute Gasteiger partial charge is 0.273 e. The van der Waals surface area contributed by atoms with Gasteiger partial charge in [-0.1, -0.05) is 30.3 Å². The van der Waals surface area contributed by atoms with E-state index < -0.39 is 12.0 Å². The second-order valence-corrected chi connectivity index (χ2v) is 11.2. The minimum absolute atomic E-state index is 0.0225. The monoisotopic (exact) mass is 541 g/mol. The van der Waals surface area contributed by atoms with Crippen LogP contribution < -0.4 is 5.32 Å². The summed E-state index contributed by atoms with van der Waals surface area (Å²) in [5.74, 6) is -0.624. The molecule has 1 aliphatic heterocycles. The van der Waals surface area contributed by atoms with Gasteiger partial charge in [-0.2, -0.15) is 5.10 Å². The summed E-state index contributed by atoms with van der Waals surface area (Å²) in [5.41, 5.74) is 4.53. The molecule has 2 saturated carbocycles. The van der Waals surface area contributed by atoms with Gasteiger partial charge in [0.05, 0.1) is 18.3 Å². The lowest BCUT2D eigenvalue weighted by molar-refractivity contribution is -0.121. The number of nitrogens with one attached hydrogen (secondary N) is 1. The molecular weight excluding hydrogens is 512 g/mol. The fourth-order valence-electron chi connectivity index (χ4n) is 6.10. The highest BCUT2D eigenvalue weighted by Crippen LogP contribution is 2.48. The fourth-order valence-corrected chi connectivity index (χ4v) is 6.10. The lowest BCUT2D eigenvalue weighted by atomic mass is 9.92. The number of rotatable bonds is 5. The van der Waals surface area contributed by atoms with Gasteiger partial charge in [0.25, 0.3) is 5.91 Å². The van der Waals surface area contributed by atoms with Crippen LogP contribution in [0.1, 0.15) is 83.1 Å². The van der Waals surface area contributed by atoms with Crippen LogP contribution in [0.25, 0.3) is 16.9 Å². The van der Waals surface area contributed by atoms with Crippen LogP contribution in [0.2, 0.25) is 0 Å². The second-order valence-electron chi connectivity index (χ2n) is 11.2. The van der Waals surface area contributed by atoms with E-state index in [1.54, 1.807) is 40.7 Å². The van der Waals surface area contributed by atoms with Crippen LogP contribution in [0.5, 0.6) is 0 Å². The van der Waals surface area contributed by atoms with Crippen molar-refractivity contribution < 1.29 is 18.4 Å². The third-order valence-corrected chi connectivity index (χ3v) is 8.61. The van der Waals surface area contributed by atoms with Crippen molar-refractivity contribution in [3.05, 3.63) is 88.5 Å². The minimum atomic E-state index is -1.27. The fraction of sp³-hybridized carbons (Fsp3) is 0.355. The number of carbonyl (C=O) groups is 2. The molecule has 7 rings (SSSR count). The number of amides is 2. The third kappa shape index (κ3) is 4.06. The molecule has 3 aliphatic rings. The number of aromatic nitrogens is 3. The minimum Gasteiger partial charge on any atom is -0.359 e. The van der Waals surface area contributed by atoms with Crippen molar-refractivity contribution in [1.29, 1.82) is 0 Å². The lowest BCUT2D eigenvalue weighted by Crippen LogP contribution is -2.40. The average molecular weight is 542 g/mol. The zero-order chi connectivity index (χ0) is 27.7. The van der Waals surface area contributed by atoms with Gasteiger partial charge in [-0.25, -0.2) is 18.3 Å². The first-order valence-corrected chi connectivity index (χ1v) is 13.8. The Kier molecular flexibility index (Phi) is 5.73. The van der Waals surface area contributed by atoms with Crippen molar-refractivity contribution in [1.82, 2.24) is 24.8 Å². The number of nitrogens with zero attached hydrogens (tertiary/aromatic N) is 4. The molecule has 4 atom stereocenters. The molecule has 0 spiro atoms. The first-order valence-electron chi connectivity index (χ1n) is 13.8. The first-order chi connectivity index (χ1) is 19.3. The zero-order valence-corrected chi connectivity index (χ0v) is 22.3. The lowest BCUT2D eigenvalue weighted by Gasteiger charge is -2.36. The van der Waals surface area contributed by atoms with Crippen LogP contribution in [-0.2, 0) is 4.79 Å². The number of carbonyl (C=O) groups excluding carboxylic acids is 2. The number of benzene rings is 2. The molecule has 2 aromatic heterocycles. The Hall–Kier alpha value is -4.14. The molecular formula is C31H29F2N5O2. The third-order valence-electron chi connectivity index (χ3n) is 8.61. The molecule has 0 saturated heterocycles. The summed E-state index contributed by atoms with van der Waals surface area (Å²) in [7, 11) is 1.61. The number of fused-ring (bicyclic) bond motifs is 2. The van der Waals surface area contributed by atoms with Crippen molar-refractivity contribution in [2.24, 2.45) is 5.92 Å². The summed E-state index contributed by atoms with van der Waals surface area (Å²) in [4.78, 5) is 31.8. The molecule has 2 aliphatic carbocycles. The Labute approximate surface area is 230 Å². The van der Waals surface area contributed by atoms with E-state index in [2.05, 4.69) is 15.4 Å². The Balaban J connectivity index is 1.22. The molecule has 1 unspecified atom stereocenters. The highest BCUT2D eigenvalue weighted by atomic mass is 19.1. The van der Waals surface area contributed by atoms with E-state index in [1.807, 2.05) is 31.2 Å². The quantitative estimate of drug-likeness (QED) is 0.362. The van der Waals surface area contributed by atoms with Gasteiger partial charge in [0.1, 0.15) is 17.7 Å². The SMILES string of the molecule is CNC(=O)[C@H]1C[C@@H]1c1ccc(-c2cc3nc(C(=O)N4CC(F)c5ccccc5[C@H]4C)cc(C4CC4)n3n2)c(F)c1. The topological polar surface area (TPSA) is 79.6 Å². The van der Waals surface area contributed by atoms with Gasteiger partial charge in [0.2, 0.25) is 5.91 Å². The molecule has 2 amide bonds. The van der Waals surface area contributed by atoms with Gasteiger partial charge >= 0.3 is 0 Å². The average Bonchev–Trinajstić information content (AvgIpc) is 3.90. The molecule has 2 aromatic carbocycles. The van der Waals surface area contributed by atoms with E-state index in [9.17, 15) is 9.59 Å². The second kappa shape index (κ2) is 9.21. The summed E-state index contributed by atoms with van der Waals surface area (Å²) in [6, 6.07) is 15.5. The van der Waals surface area contributed by atoms with Crippen LogP contribution >= 0.6 is 0 Å². The molecule has 2 fully saturated rings. The van der Waals surface area contributed by atoms with Gasteiger partial charge < -0.3 is 10.2 Å². The van der Waals surface area contributed by atoms with Crippen molar-refractivity contribution in [3.63, 3.8) is 0 Å². The van der Waals surface area contributed by atoms with E-state index in [4.69, 9.17) is 0 Å². The summed E-state index contributed by atoms with van der Waals surface area (Å²) in [6.07, 6.45) is 1.39. The van der Waals surface area contributed by atoms with E-state index in [0.717, 1.165) is 29.7 Å². The van der Waals surface area contributed by atoms with Crippen LogP contribution in [0.4, 0.5) is 8.78 Å². The van der Waals surface area contributed by atoms with Gasteiger partial charge in [0.15, 0.2) is 5.65 Å². The molecule has 0 radical (unpaired) electrons. The molecule has 4 aromatic rings. The molecule has 204 valence electrons. The van der Waals surface area contributed by atoms with Gasteiger partial charge in [-0.05, 0) is 67.0 Å². The van der Waals surface area contributed by atoms with Gasteiger partial charge in [-0.3, -0.25) is 9.59 Å².